The number of nitrogens with zero attached hydrogens (tertiary/aromatic N) is 2. The molecule has 8 aromatic carbocycles. The lowest BCUT2D eigenvalue weighted by molar-refractivity contribution is 0.669. The molecular formula is C48H30N4O. The molecule has 2 N–H and O–H groups in total. The number of para-hydroxylation sites is 3. The molecule has 11 rings (SSSR count). The van der Waals surface area contributed by atoms with E-state index in [-0.39, 0.29) is 0 Å². The summed E-state index contributed by atoms with van der Waals surface area (Å²) in [5.41, 5.74) is 11.5. The zero-order valence-corrected chi connectivity index (χ0v) is 28.5. The van der Waals surface area contributed by atoms with Crippen molar-refractivity contribution in [3.63, 3.8) is 0 Å². The van der Waals surface area contributed by atoms with Crippen molar-refractivity contribution in [1.82, 2.24) is 9.13 Å². The summed E-state index contributed by atoms with van der Waals surface area (Å²) in [6, 6.07) is 55.3. The first-order valence-electron chi connectivity index (χ1n) is 17.8. The van der Waals surface area contributed by atoms with Gasteiger partial charge in [-0.15, -0.1) is 0 Å². The number of aromatic nitrogens is 2. The van der Waals surface area contributed by atoms with Gasteiger partial charge in [0, 0.05) is 55.9 Å². The van der Waals surface area contributed by atoms with E-state index in [4.69, 9.17) is 15.2 Å². The summed E-state index contributed by atoms with van der Waals surface area (Å²) in [6.45, 7) is 0. The van der Waals surface area contributed by atoms with Gasteiger partial charge in [0.2, 0.25) is 0 Å². The maximum Gasteiger partial charge on any atom is 0.136 e. The van der Waals surface area contributed by atoms with Crippen LogP contribution in [0.3, 0.4) is 0 Å². The summed E-state index contributed by atoms with van der Waals surface area (Å²) in [7, 11) is 0. The topological polar surface area (TPSA) is 70.7 Å². The second kappa shape index (κ2) is 11.1. The van der Waals surface area contributed by atoms with Gasteiger partial charge >= 0.3 is 0 Å². The predicted molar refractivity (Wildman–Crippen MR) is 221 cm³/mol. The molecular weight excluding hydrogens is 649 g/mol. The van der Waals surface area contributed by atoms with Gasteiger partial charge in [-0.05, 0) is 82.6 Å². The van der Waals surface area contributed by atoms with Crippen molar-refractivity contribution in [2.24, 2.45) is 0 Å². The first-order valence-corrected chi connectivity index (χ1v) is 17.8. The predicted octanol–water partition coefficient (Wildman–Crippen LogP) is 12.6. The van der Waals surface area contributed by atoms with Crippen molar-refractivity contribution in [3.05, 3.63) is 169 Å². The van der Waals surface area contributed by atoms with E-state index in [1.807, 2.05) is 24.3 Å². The average molecular weight is 679 g/mol. The normalized spacial score (nSPS) is 11.9. The highest BCUT2D eigenvalue weighted by molar-refractivity contribution is 6.21. The van der Waals surface area contributed by atoms with E-state index in [0.29, 0.717) is 0 Å². The number of hydrogen-bond donors (Lipinski definition) is 2. The molecule has 3 heterocycles. The number of fused-ring (bicyclic) bond motifs is 11. The molecule has 0 radical (unpaired) electrons. The molecule has 11 aromatic rings. The zero-order valence-electron chi connectivity index (χ0n) is 28.5. The summed E-state index contributed by atoms with van der Waals surface area (Å²) in [5.74, 6) is 0. The smallest absolute Gasteiger partial charge is 0.136 e. The molecule has 0 fully saturated rings. The van der Waals surface area contributed by atoms with Gasteiger partial charge in [0.15, 0.2) is 0 Å². The van der Waals surface area contributed by atoms with Crippen LogP contribution in [0.25, 0.3) is 98.8 Å². The maximum atomic E-state index is 8.60. The molecule has 5 heteroatoms. The van der Waals surface area contributed by atoms with Gasteiger partial charge in [0.25, 0.3) is 0 Å². The van der Waals surface area contributed by atoms with E-state index in [1.54, 1.807) is 0 Å². The number of benzene rings is 8. The van der Waals surface area contributed by atoms with Crippen LogP contribution in [-0.2, 0) is 0 Å². The van der Waals surface area contributed by atoms with Crippen molar-refractivity contribution >= 4 is 88.8 Å². The van der Waals surface area contributed by atoms with Gasteiger partial charge < -0.3 is 24.4 Å². The molecule has 0 spiro atoms. The monoisotopic (exact) mass is 678 g/mol. The standard InChI is InChI=1S/C48H30N4O/c49-27-32-23-33(28-50)45(52-41-15-7-4-13-38(41)48-34-10-2-1-9-29(34)18-22-43(48)52)26-44(32)51-40-14-6-3-11-35(40)39-24-30(19-21-42(39)51)31-17-20-37-36-12-5-8-16-46(36)53-47(37)25-31/h1-28,49-50H. The molecule has 0 aliphatic heterocycles. The van der Waals surface area contributed by atoms with E-state index < -0.39 is 0 Å². The largest absolute Gasteiger partial charge is 0.456 e. The van der Waals surface area contributed by atoms with Gasteiger partial charge in [0.05, 0.1) is 33.4 Å². The number of nitrogens with one attached hydrogen (secondary N) is 2. The molecule has 3 aromatic heterocycles. The fraction of sp³-hybridized carbons (Fsp3) is 0. The minimum atomic E-state index is 0.737. The molecule has 0 aliphatic rings. The Kier molecular flexibility index (Phi) is 6.19. The molecule has 0 bridgehead atoms. The Balaban J connectivity index is 1.17. The van der Waals surface area contributed by atoms with E-state index in [0.717, 1.165) is 93.8 Å². The van der Waals surface area contributed by atoms with Crippen molar-refractivity contribution < 1.29 is 4.42 Å². The second-order valence-electron chi connectivity index (χ2n) is 13.7. The first kappa shape index (κ1) is 29.5. The Labute approximate surface area is 303 Å². The van der Waals surface area contributed by atoms with Crippen molar-refractivity contribution in [3.8, 4) is 22.5 Å². The van der Waals surface area contributed by atoms with E-state index >= 15 is 0 Å². The Morgan fingerprint density at radius 3 is 1.75 bits per heavy atom. The minimum Gasteiger partial charge on any atom is -0.456 e. The molecule has 0 atom stereocenters. The lowest BCUT2D eigenvalue weighted by Gasteiger charge is -2.18. The van der Waals surface area contributed by atoms with Crippen LogP contribution < -0.4 is 0 Å². The first-order chi connectivity index (χ1) is 26.2. The van der Waals surface area contributed by atoms with Crippen LogP contribution in [0.1, 0.15) is 11.1 Å². The van der Waals surface area contributed by atoms with E-state index in [1.165, 1.54) is 28.6 Å². The second-order valence-corrected chi connectivity index (χ2v) is 13.7. The molecule has 0 aliphatic carbocycles. The number of furan rings is 1. The van der Waals surface area contributed by atoms with Crippen LogP contribution in [0.5, 0.6) is 0 Å². The minimum absolute atomic E-state index is 0.737. The van der Waals surface area contributed by atoms with Crippen LogP contribution in [-0.4, -0.2) is 21.6 Å². The van der Waals surface area contributed by atoms with E-state index in [9.17, 15) is 0 Å². The third-order valence-corrected chi connectivity index (χ3v) is 10.9. The molecule has 0 saturated heterocycles. The lowest BCUT2D eigenvalue weighted by Crippen LogP contribution is -2.06. The zero-order chi connectivity index (χ0) is 35.2. The third kappa shape index (κ3) is 4.19. The van der Waals surface area contributed by atoms with Crippen LogP contribution in [0.4, 0.5) is 0 Å². The van der Waals surface area contributed by atoms with Crippen molar-refractivity contribution in [2.45, 2.75) is 0 Å². The lowest BCUT2D eigenvalue weighted by atomic mass is 10.0. The van der Waals surface area contributed by atoms with Gasteiger partial charge in [-0.25, -0.2) is 0 Å². The number of rotatable bonds is 5. The third-order valence-electron chi connectivity index (χ3n) is 10.9. The van der Waals surface area contributed by atoms with Gasteiger partial charge in [-0.3, -0.25) is 0 Å². The van der Waals surface area contributed by atoms with Gasteiger partial charge in [0.1, 0.15) is 11.2 Å². The van der Waals surface area contributed by atoms with Gasteiger partial charge in [-0.2, -0.15) is 0 Å². The Morgan fingerprint density at radius 2 is 0.962 bits per heavy atom. The maximum absolute atomic E-state index is 8.60. The summed E-state index contributed by atoms with van der Waals surface area (Å²) >= 11 is 0. The van der Waals surface area contributed by atoms with E-state index in [2.05, 4.69) is 143 Å². The Hall–Kier alpha value is -7.24. The molecule has 248 valence electrons. The molecule has 0 amide bonds. The van der Waals surface area contributed by atoms with Crippen molar-refractivity contribution in [1.29, 1.82) is 10.8 Å². The summed E-state index contributed by atoms with van der Waals surface area (Å²) in [4.78, 5) is 0. The average Bonchev–Trinajstić information content (AvgIpc) is 3.87. The van der Waals surface area contributed by atoms with Gasteiger partial charge in [-0.1, -0.05) is 97.1 Å². The Morgan fingerprint density at radius 1 is 0.396 bits per heavy atom. The van der Waals surface area contributed by atoms with Crippen LogP contribution >= 0.6 is 0 Å². The molecule has 0 unspecified atom stereocenters. The molecule has 5 nitrogen and oxygen atoms in total. The molecule has 0 saturated carbocycles. The quantitative estimate of drug-likeness (QED) is 0.175. The highest BCUT2D eigenvalue weighted by atomic mass is 16.3. The highest BCUT2D eigenvalue weighted by Crippen LogP contribution is 2.41. The van der Waals surface area contributed by atoms with Crippen molar-refractivity contribution in [2.75, 3.05) is 0 Å². The highest BCUT2D eigenvalue weighted by Gasteiger charge is 2.21. The Bertz CT molecular complexity index is 3340. The van der Waals surface area contributed by atoms with Crippen LogP contribution in [0, 0.1) is 10.8 Å². The fourth-order valence-electron chi connectivity index (χ4n) is 8.55. The SMILES string of the molecule is N=Cc1cc(C=N)c(-n2c3ccccc3c3c4ccccc4ccc32)cc1-n1c2ccccc2c2cc(-c3ccc4c(c3)oc3ccccc34)ccc21. The summed E-state index contributed by atoms with van der Waals surface area (Å²) < 4.78 is 10.8. The van der Waals surface area contributed by atoms with Crippen LogP contribution in [0.15, 0.2) is 162 Å². The van der Waals surface area contributed by atoms with Crippen LogP contribution in [0.2, 0.25) is 0 Å². The number of hydrogen-bond acceptors (Lipinski definition) is 3. The molecule has 53 heavy (non-hydrogen) atoms. The fourth-order valence-corrected chi connectivity index (χ4v) is 8.55. The summed E-state index contributed by atoms with van der Waals surface area (Å²) in [5, 5.41) is 26.4. The summed E-state index contributed by atoms with van der Waals surface area (Å²) in [6.07, 6.45) is 2.81.